The summed E-state index contributed by atoms with van der Waals surface area (Å²) in [4.78, 5) is 2.11. The molecule has 0 aliphatic heterocycles. The molecule has 0 aliphatic rings. The van der Waals surface area contributed by atoms with Crippen molar-refractivity contribution >= 4 is 0 Å². The fourth-order valence-corrected chi connectivity index (χ4v) is 2.12. The fraction of sp³-hybridized carbons (Fsp3) is 0.375. The number of hydrogen-bond donors (Lipinski definition) is 1. The molecule has 0 saturated carbocycles. The van der Waals surface area contributed by atoms with E-state index in [0.29, 0.717) is 12.1 Å². The van der Waals surface area contributed by atoms with E-state index in [4.69, 9.17) is 0 Å². The monoisotopic (exact) mass is 263 g/mol. The molecule has 0 fully saturated rings. The Morgan fingerprint density at radius 1 is 1.26 bits per heavy atom. The van der Waals surface area contributed by atoms with Crippen LogP contribution >= 0.6 is 0 Å². The molecule has 0 saturated heterocycles. The highest BCUT2D eigenvalue weighted by Gasteiger charge is 2.21. The lowest BCUT2D eigenvalue weighted by atomic mass is 9.96. The van der Waals surface area contributed by atoms with Crippen molar-refractivity contribution < 1.29 is 9.50 Å². The van der Waals surface area contributed by atoms with Crippen LogP contribution in [0.25, 0.3) is 0 Å². The van der Waals surface area contributed by atoms with Gasteiger partial charge in [-0.2, -0.15) is 0 Å². The molecule has 0 aliphatic carbocycles. The molecule has 0 aromatic heterocycles. The van der Waals surface area contributed by atoms with Gasteiger partial charge < -0.3 is 5.11 Å². The number of benzene rings is 1. The standard InChI is InChI=1S/C16H22FNO/c1-4-10-18(11-5-2)12-13(3)16(19)14-8-6-7-9-15(14)17/h4-9,13,16,19H,1-2,10-12H2,3H3. The second kappa shape index (κ2) is 7.87. The van der Waals surface area contributed by atoms with Crippen LogP contribution in [0, 0.1) is 11.7 Å². The second-order valence-corrected chi connectivity index (χ2v) is 4.74. The lowest BCUT2D eigenvalue weighted by Crippen LogP contribution is -2.31. The largest absolute Gasteiger partial charge is 0.388 e. The molecule has 1 rings (SSSR count). The molecule has 0 bridgehead atoms. The summed E-state index contributed by atoms with van der Waals surface area (Å²) in [5.74, 6) is -0.433. The van der Waals surface area contributed by atoms with Crippen molar-refractivity contribution in [2.24, 2.45) is 5.92 Å². The fourth-order valence-electron chi connectivity index (χ4n) is 2.12. The predicted octanol–water partition coefficient (Wildman–Crippen LogP) is 3.17. The SMILES string of the molecule is C=CCN(CC=C)CC(C)C(O)c1ccccc1F. The van der Waals surface area contributed by atoms with Crippen molar-refractivity contribution in [1.29, 1.82) is 0 Å². The molecule has 2 unspecified atom stereocenters. The molecular weight excluding hydrogens is 241 g/mol. The van der Waals surface area contributed by atoms with Gasteiger partial charge in [-0.15, -0.1) is 13.2 Å². The Balaban J connectivity index is 2.70. The van der Waals surface area contributed by atoms with Gasteiger partial charge in [0.2, 0.25) is 0 Å². The zero-order valence-electron chi connectivity index (χ0n) is 11.4. The maximum Gasteiger partial charge on any atom is 0.129 e. The number of hydrogen-bond acceptors (Lipinski definition) is 2. The molecule has 19 heavy (non-hydrogen) atoms. The molecule has 1 aromatic carbocycles. The molecule has 2 atom stereocenters. The van der Waals surface area contributed by atoms with Crippen molar-refractivity contribution in [3.8, 4) is 0 Å². The smallest absolute Gasteiger partial charge is 0.129 e. The number of aliphatic hydroxyl groups excluding tert-OH is 1. The van der Waals surface area contributed by atoms with E-state index >= 15 is 0 Å². The average molecular weight is 263 g/mol. The van der Waals surface area contributed by atoms with Crippen LogP contribution in [0.2, 0.25) is 0 Å². The van der Waals surface area contributed by atoms with Gasteiger partial charge in [0, 0.05) is 25.2 Å². The van der Waals surface area contributed by atoms with Gasteiger partial charge >= 0.3 is 0 Å². The predicted molar refractivity (Wildman–Crippen MR) is 77.4 cm³/mol. The molecule has 3 heteroatoms. The van der Waals surface area contributed by atoms with Crippen LogP contribution < -0.4 is 0 Å². The van der Waals surface area contributed by atoms with E-state index in [9.17, 15) is 9.50 Å². The van der Waals surface area contributed by atoms with Gasteiger partial charge in [0.25, 0.3) is 0 Å². The van der Waals surface area contributed by atoms with E-state index in [1.165, 1.54) is 6.07 Å². The number of nitrogens with zero attached hydrogens (tertiary/aromatic N) is 1. The first-order valence-electron chi connectivity index (χ1n) is 6.46. The van der Waals surface area contributed by atoms with Gasteiger partial charge in [-0.3, -0.25) is 4.90 Å². The Morgan fingerprint density at radius 3 is 2.37 bits per heavy atom. The van der Waals surface area contributed by atoms with Crippen molar-refractivity contribution in [2.45, 2.75) is 13.0 Å². The van der Waals surface area contributed by atoms with Crippen LogP contribution in [-0.2, 0) is 0 Å². The van der Waals surface area contributed by atoms with Gasteiger partial charge in [0.1, 0.15) is 5.82 Å². The van der Waals surface area contributed by atoms with E-state index in [2.05, 4.69) is 18.1 Å². The summed E-state index contributed by atoms with van der Waals surface area (Å²) in [5.41, 5.74) is 0.354. The van der Waals surface area contributed by atoms with Gasteiger partial charge in [-0.1, -0.05) is 37.3 Å². The quantitative estimate of drug-likeness (QED) is 0.728. The molecule has 0 spiro atoms. The van der Waals surface area contributed by atoms with Crippen LogP contribution in [-0.4, -0.2) is 29.6 Å². The second-order valence-electron chi connectivity index (χ2n) is 4.74. The van der Waals surface area contributed by atoms with E-state index in [-0.39, 0.29) is 11.7 Å². The molecule has 0 radical (unpaired) electrons. The minimum atomic E-state index is -0.807. The summed E-state index contributed by atoms with van der Waals surface area (Å²) in [5, 5.41) is 10.2. The average Bonchev–Trinajstić information content (AvgIpc) is 2.39. The van der Waals surface area contributed by atoms with Crippen molar-refractivity contribution in [3.63, 3.8) is 0 Å². The lowest BCUT2D eigenvalue weighted by molar-refractivity contribution is 0.0911. The Kier molecular flexibility index (Phi) is 6.46. The van der Waals surface area contributed by atoms with Crippen molar-refractivity contribution in [1.82, 2.24) is 4.90 Å². The first-order chi connectivity index (χ1) is 9.10. The van der Waals surface area contributed by atoms with Crippen LogP contribution in [0.1, 0.15) is 18.6 Å². The van der Waals surface area contributed by atoms with Crippen molar-refractivity contribution in [2.75, 3.05) is 19.6 Å². The third-order valence-corrected chi connectivity index (χ3v) is 3.08. The number of aliphatic hydroxyl groups is 1. The Hall–Kier alpha value is -1.45. The summed E-state index contributed by atoms with van der Waals surface area (Å²) < 4.78 is 13.6. The third-order valence-electron chi connectivity index (χ3n) is 3.08. The number of halogens is 1. The molecular formula is C16H22FNO. The van der Waals surface area contributed by atoms with Gasteiger partial charge in [-0.25, -0.2) is 4.39 Å². The molecule has 104 valence electrons. The van der Waals surface area contributed by atoms with Crippen molar-refractivity contribution in [3.05, 3.63) is 61.0 Å². The molecule has 1 N–H and O–H groups in total. The molecule has 2 nitrogen and oxygen atoms in total. The molecule has 0 heterocycles. The Labute approximate surface area is 114 Å². The molecule has 0 amide bonds. The van der Waals surface area contributed by atoms with Gasteiger partial charge in [-0.05, 0) is 12.0 Å². The normalized spacial score (nSPS) is 14.1. The number of rotatable bonds is 8. The topological polar surface area (TPSA) is 23.5 Å². The highest BCUT2D eigenvalue weighted by Crippen LogP contribution is 2.24. The Morgan fingerprint density at radius 2 is 1.84 bits per heavy atom. The minimum Gasteiger partial charge on any atom is -0.388 e. The van der Waals surface area contributed by atoms with Gasteiger partial charge in [0.05, 0.1) is 6.10 Å². The maximum absolute atomic E-state index is 13.6. The van der Waals surface area contributed by atoms with Crippen LogP contribution in [0.4, 0.5) is 4.39 Å². The summed E-state index contributed by atoms with van der Waals surface area (Å²) in [7, 11) is 0. The zero-order valence-corrected chi connectivity index (χ0v) is 11.4. The molecule has 1 aromatic rings. The van der Waals surface area contributed by atoms with E-state index in [1.54, 1.807) is 18.2 Å². The third kappa shape index (κ3) is 4.62. The first kappa shape index (κ1) is 15.6. The zero-order chi connectivity index (χ0) is 14.3. The highest BCUT2D eigenvalue weighted by molar-refractivity contribution is 5.20. The van der Waals surface area contributed by atoms with E-state index in [1.807, 2.05) is 19.1 Å². The van der Waals surface area contributed by atoms with E-state index < -0.39 is 6.10 Å². The summed E-state index contributed by atoms with van der Waals surface area (Å²) in [6.07, 6.45) is 2.82. The van der Waals surface area contributed by atoms with Crippen LogP contribution in [0.5, 0.6) is 0 Å². The lowest BCUT2D eigenvalue weighted by Gasteiger charge is -2.26. The van der Waals surface area contributed by atoms with Crippen LogP contribution in [0.15, 0.2) is 49.6 Å². The van der Waals surface area contributed by atoms with Gasteiger partial charge in [0.15, 0.2) is 0 Å². The first-order valence-corrected chi connectivity index (χ1v) is 6.46. The summed E-state index contributed by atoms with van der Waals surface area (Å²) in [6.45, 7) is 11.4. The van der Waals surface area contributed by atoms with Crippen LogP contribution in [0.3, 0.4) is 0 Å². The highest BCUT2D eigenvalue weighted by atomic mass is 19.1. The minimum absolute atomic E-state index is 0.0724. The summed E-state index contributed by atoms with van der Waals surface area (Å²) in [6, 6.07) is 6.36. The summed E-state index contributed by atoms with van der Waals surface area (Å²) >= 11 is 0. The van der Waals surface area contributed by atoms with E-state index in [0.717, 1.165) is 13.1 Å². The Bertz CT molecular complexity index is 409. The maximum atomic E-state index is 13.6.